The molecule has 2 N–H and O–H groups in total. The number of aromatic nitrogens is 3. The maximum absolute atomic E-state index is 12.6. The lowest BCUT2D eigenvalue weighted by molar-refractivity contribution is -0.116. The average Bonchev–Trinajstić information content (AvgIpc) is 3.10. The number of benzene rings is 2. The number of carbonyl (C=O) groups is 2. The third kappa shape index (κ3) is 6.68. The summed E-state index contributed by atoms with van der Waals surface area (Å²) in [5, 5.41) is 9.83. The molecule has 1 heterocycles. The Morgan fingerprint density at radius 1 is 1.10 bits per heavy atom. The lowest BCUT2D eigenvalue weighted by Crippen LogP contribution is -2.19. The van der Waals surface area contributed by atoms with Gasteiger partial charge < -0.3 is 5.32 Å². The van der Waals surface area contributed by atoms with E-state index >= 15 is 0 Å². The van der Waals surface area contributed by atoms with Gasteiger partial charge in [0, 0.05) is 24.2 Å². The molecule has 0 saturated carbocycles. The minimum Gasteiger partial charge on any atom is -0.326 e. The number of hydrogen-bond donors (Lipinski definition) is 2. The smallest absolute Gasteiger partial charge is 0.326 e. The van der Waals surface area contributed by atoms with E-state index in [1.54, 1.807) is 28.8 Å². The Kier molecular flexibility index (Phi) is 7.83. The molecule has 7 nitrogen and oxygen atoms in total. The van der Waals surface area contributed by atoms with E-state index in [1.807, 2.05) is 44.2 Å². The second-order valence-electron chi connectivity index (χ2n) is 7.63. The molecule has 1 aromatic heterocycles. The van der Waals surface area contributed by atoms with Crippen LogP contribution in [0.25, 0.3) is 0 Å². The lowest BCUT2D eigenvalue weighted by atomic mass is 10.1. The third-order valence-electron chi connectivity index (χ3n) is 4.61. The van der Waals surface area contributed by atoms with Gasteiger partial charge in [0.05, 0.1) is 5.75 Å². The largest absolute Gasteiger partial charge is 0.343 e. The predicted molar refractivity (Wildman–Crippen MR) is 123 cm³/mol. The van der Waals surface area contributed by atoms with Gasteiger partial charge in [-0.2, -0.15) is 0 Å². The van der Waals surface area contributed by atoms with Crippen molar-refractivity contribution in [2.24, 2.45) is 5.92 Å². The van der Waals surface area contributed by atoms with Crippen LogP contribution < -0.4 is 11.0 Å². The summed E-state index contributed by atoms with van der Waals surface area (Å²) in [6.45, 7) is 4.46. The first-order chi connectivity index (χ1) is 14.9. The summed E-state index contributed by atoms with van der Waals surface area (Å²) < 4.78 is 1.55. The molecule has 0 aliphatic heterocycles. The van der Waals surface area contributed by atoms with Crippen LogP contribution in [0.5, 0.6) is 0 Å². The normalized spacial score (nSPS) is 10.9. The van der Waals surface area contributed by atoms with Crippen LogP contribution in [0, 0.1) is 5.92 Å². The second-order valence-corrected chi connectivity index (χ2v) is 8.58. The summed E-state index contributed by atoms with van der Waals surface area (Å²) in [7, 11) is 0. The molecule has 0 aliphatic rings. The second kappa shape index (κ2) is 10.8. The van der Waals surface area contributed by atoms with Crippen molar-refractivity contribution in [1.82, 2.24) is 14.8 Å². The first-order valence-electron chi connectivity index (χ1n) is 10.2. The van der Waals surface area contributed by atoms with Crippen molar-refractivity contribution in [2.75, 3.05) is 11.1 Å². The monoisotopic (exact) mass is 438 g/mol. The summed E-state index contributed by atoms with van der Waals surface area (Å²) in [6, 6.07) is 16.7. The van der Waals surface area contributed by atoms with Crippen LogP contribution >= 0.6 is 11.8 Å². The van der Waals surface area contributed by atoms with Gasteiger partial charge in [0.15, 0.2) is 10.9 Å². The standard InChI is InChI=1S/C23H26N4O3S/c1-16(2)14-21(29)24-19-10-8-18(9-11-19)20(28)15-31-23-26-25-22(30)27(23)13-12-17-6-4-3-5-7-17/h3-11,16H,12-15H2,1-2H3,(H,24,29)(H,25,30). The highest BCUT2D eigenvalue weighted by atomic mass is 32.2. The van der Waals surface area contributed by atoms with Crippen LogP contribution in [-0.2, 0) is 17.8 Å². The Bertz CT molecular complexity index is 1070. The van der Waals surface area contributed by atoms with E-state index in [9.17, 15) is 14.4 Å². The SMILES string of the molecule is CC(C)CC(=O)Nc1ccc(C(=O)CSc2n[nH]c(=O)n2CCc2ccccc2)cc1. The number of nitrogens with zero attached hydrogens (tertiary/aromatic N) is 2. The fourth-order valence-electron chi connectivity index (χ4n) is 3.03. The van der Waals surface area contributed by atoms with Crippen molar-refractivity contribution < 1.29 is 9.59 Å². The van der Waals surface area contributed by atoms with Crippen molar-refractivity contribution in [1.29, 1.82) is 0 Å². The Hall–Kier alpha value is -3.13. The van der Waals surface area contributed by atoms with Gasteiger partial charge in [0.25, 0.3) is 0 Å². The molecule has 0 aliphatic carbocycles. The zero-order chi connectivity index (χ0) is 22.2. The molecule has 0 atom stereocenters. The van der Waals surface area contributed by atoms with E-state index in [4.69, 9.17) is 0 Å². The quantitative estimate of drug-likeness (QED) is 0.371. The summed E-state index contributed by atoms with van der Waals surface area (Å²) >= 11 is 1.23. The Labute approximate surface area is 185 Å². The molecule has 0 spiro atoms. The first kappa shape index (κ1) is 22.6. The lowest BCUT2D eigenvalue weighted by Gasteiger charge is -2.08. The molecule has 162 valence electrons. The number of aromatic amines is 1. The Morgan fingerprint density at radius 3 is 2.48 bits per heavy atom. The van der Waals surface area contributed by atoms with Crippen LogP contribution in [-0.4, -0.2) is 32.2 Å². The van der Waals surface area contributed by atoms with Crippen LogP contribution in [0.3, 0.4) is 0 Å². The van der Waals surface area contributed by atoms with Gasteiger partial charge in [-0.25, -0.2) is 9.89 Å². The minimum atomic E-state index is -0.285. The number of Topliss-reactive ketones (excluding diaryl/α,β-unsaturated/α-hetero) is 1. The van der Waals surface area contributed by atoms with Crippen molar-refractivity contribution >= 4 is 29.1 Å². The van der Waals surface area contributed by atoms with E-state index in [2.05, 4.69) is 15.5 Å². The number of carbonyl (C=O) groups excluding carboxylic acids is 2. The number of hydrogen-bond acceptors (Lipinski definition) is 5. The van der Waals surface area contributed by atoms with Crippen LogP contribution in [0.4, 0.5) is 5.69 Å². The van der Waals surface area contributed by atoms with Gasteiger partial charge in [0.2, 0.25) is 5.91 Å². The van der Waals surface area contributed by atoms with Gasteiger partial charge >= 0.3 is 5.69 Å². The molecule has 3 rings (SSSR count). The zero-order valence-corrected chi connectivity index (χ0v) is 18.4. The number of anilines is 1. The maximum atomic E-state index is 12.6. The summed E-state index contributed by atoms with van der Waals surface area (Å²) in [4.78, 5) is 36.5. The van der Waals surface area contributed by atoms with Gasteiger partial charge in [-0.1, -0.05) is 55.9 Å². The van der Waals surface area contributed by atoms with Gasteiger partial charge in [-0.15, -0.1) is 5.10 Å². The van der Waals surface area contributed by atoms with Crippen molar-refractivity contribution in [3.8, 4) is 0 Å². The van der Waals surface area contributed by atoms with E-state index < -0.39 is 0 Å². The molecular weight excluding hydrogens is 412 g/mol. The molecule has 8 heteroatoms. The number of ketones is 1. The minimum absolute atomic E-state index is 0.0448. The molecule has 0 radical (unpaired) electrons. The fraction of sp³-hybridized carbons (Fsp3) is 0.304. The molecular formula is C23H26N4O3S. The van der Waals surface area contributed by atoms with Gasteiger partial charge in [-0.3, -0.25) is 14.2 Å². The van der Waals surface area contributed by atoms with E-state index in [0.717, 1.165) is 5.56 Å². The van der Waals surface area contributed by atoms with Crippen LogP contribution in [0.1, 0.15) is 36.2 Å². The van der Waals surface area contributed by atoms with Crippen molar-refractivity contribution in [3.63, 3.8) is 0 Å². The van der Waals surface area contributed by atoms with Crippen molar-refractivity contribution in [2.45, 2.75) is 38.4 Å². The Balaban J connectivity index is 1.56. The van der Waals surface area contributed by atoms with Gasteiger partial charge in [0.1, 0.15) is 0 Å². The van der Waals surface area contributed by atoms with E-state index in [0.29, 0.717) is 35.8 Å². The highest BCUT2D eigenvalue weighted by molar-refractivity contribution is 7.99. The number of rotatable bonds is 10. The van der Waals surface area contributed by atoms with E-state index in [-0.39, 0.29) is 29.1 Å². The number of H-pyrrole nitrogens is 1. The highest BCUT2D eigenvalue weighted by Crippen LogP contribution is 2.18. The average molecular weight is 439 g/mol. The number of amides is 1. The molecule has 1 amide bonds. The molecule has 0 fully saturated rings. The summed E-state index contributed by atoms with van der Waals surface area (Å²) in [6.07, 6.45) is 1.15. The van der Waals surface area contributed by atoms with Crippen molar-refractivity contribution in [3.05, 3.63) is 76.2 Å². The number of nitrogens with one attached hydrogen (secondary N) is 2. The first-order valence-corrected chi connectivity index (χ1v) is 11.2. The molecule has 0 unspecified atom stereocenters. The predicted octanol–water partition coefficient (Wildman–Crippen LogP) is 3.77. The summed E-state index contributed by atoms with van der Waals surface area (Å²) in [5.74, 6) is 0.325. The molecule has 0 bridgehead atoms. The molecule has 31 heavy (non-hydrogen) atoms. The van der Waals surface area contributed by atoms with Gasteiger partial charge in [-0.05, 0) is 42.2 Å². The zero-order valence-electron chi connectivity index (χ0n) is 17.6. The van der Waals surface area contributed by atoms with Crippen LogP contribution in [0.2, 0.25) is 0 Å². The topological polar surface area (TPSA) is 96.8 Å². The third-order valence-corrected chi connectivity index (χ3v) is 5.58. The molecule has 2 aromatic carbocycles. The fourth-order valence-corrected chi connectivity index (χ4v) is 3.90. The Morgan fingerprint density at radius 2 is 1.81 bits per heavy atom. The van der Waals surface area contributed by atoms with E-state index in [1.165, 1.54) is 11.8 Å². The number of thioether (sulfide) groups is 1. The highest BCUT2D eigenvalue weighted by Gasteiger charge is 2.13. The number of aryl methyl sites for hydroxylation is 1. The molecule has 0 saturated heterocycles. The molecule has 3 aromatic rings. The summed E-state index contributed by atoms with van der Waals surface area (Å²) in [5.41, 5.74) is 2.05. The maximum Gasteiger partial charge on any atom is 0.343 e. The van der Waals surface area contributed by atoms with Crippen LogP contribution in [0.15, 0.2) is 64.5 Å².